The highest BCUT2D eigenvalue weighted by molar-refractivity contribution is 5.37. The van der Waals surface area contributed by atoms with Crippen LogP contribution in [-0.4, -0.2) is 29.0 Å². The third kappa shape index (κ3) is 3.76. The van der Waals surface area contributed by atoms with Crippen molar-refractivity contribution in [2.45, 2.75) is 64.5 Å². The molecule has 0 aromatic carbocycles. The first-order valence-corrected chi connectivity index (χ1v) is 8.69. The Morgan fingerprint density at radius 2 is 2.05 bits per heavy atom. The molecule has 1 N–H and O–H groups in total. The second-order valence-corrected chi connectivity index (χ2v) is 7.15. The minimum Gasteiger partial charge on any atom is -0.367 e. The summed E-state index contributed by atoms with van der Waals surface area (Å²) in [6, 6.07) is 5.70. The number of piperidine rings is 1. The quantitative estimate of drug-likeness (QED) is 0.878. The second-order valence-electron chi connectivity index (χ2n) is 7.15. The normalized spacial score (nSPS) is 24.0. The fraction of sp³-hybridized carbons (Fsp3) is 0.722. The zero-order chi connectivity index (χ0) is 14.7. The smallest absolute Gasteiger partial charge is 0.126 e. The van der Waals surface area contributed by atoms with E-state index in [4.69, 9.17) is 0 Å². The number of hydrogen-bond acceptors (Lipinski definition) is 3. The zero-order valence-electron chi connectivity index (χ0n) is 13.5. The Kier molecular flexibility index (Phi) is 4.79. The number of anilines is 1. The average molecular weight is 287 g/mol. The molecule has 1 aliphatic carbocycles. The monoisotopic (exact) mass is 287 g/mol. The highest BCUT2D eigenvalue weighted by Crippen LogP contribution is 2.31. The van der Waals surface area contributed by atoms with Crippen molar-refractivity contribution >= 4 is 5.82 Å². The molecule has 116 valence electrons. The summed E-state index contributed by atoms with van der Waals surface area (Å²) in [4.78, 5) is 7.31. The van der Waals surface area contributed by atoms with Gasteiger partial charge in [0, 0.05) is 24.8 Å². The van der Waals surface area contributed by atoms with Crippen molar-refractivity contribution in [2.24, 2.45) is 5.92 Å². The lowest BCUT2D eigenvalue weighted by molar-refractivity contribution is 0.132. The summed E-state index contributed by atoms with van der Waals surface area (Å²) in [6.45, 7) is 7.07. The van der Waals surface area contributed by atoms with Gasteiger partial charge in [0.15, 0.2) is 0 Å². The van der Waals surface area contributed by atoms with Crippen molar-refractivity contribution in [1.29, 1.82) is 0 Å². The summed E-state index contributed by atoms with van der Waals surface area (Å²) in [5, 5.41) is 3.53. The molecular formula is C18H29N3. The van der Waals surface area contributed by atoms with Crippen molar-refractivity contribution in [1.82, 2.24) is 9.88 Å². The van der Waals surface area contributed by atoms with Gasteiger partial charge in [-0.25, -0.2) is 4.98 Å². The molecule has 2 fully saturated rings. The van der Waals surface area contributed by atoms with Crippen LogP contribution in [0.1, 0.15) is 64.0 Å². The molecular weight excluding hydrogens is 258 g/mol. The van der Waals surface area contributed by atoms with Crippen molar-refractivity contribution in [2.75, 3.05) is 18.4 Å². The predicted molar refractivity (Wildman–Crippen MR) is 88.5 cm³/mol. The van der Waals surface area contributed by atoms with Crippen LogP contribution < -0.4 is 5.32 Å². The van der Waals surface area contributed by atoms with Crippen LogP contribution in [0.2, 0.25) is 0 Å². The summed E-state index contributed by atoms with van der Waals surface area (Å²) in [5.41, 5.74) is 1.40. The van der Waals surface area contributed by atoms with Gasteiger partial charge in [0.2, 0.25) is 0 Å². The lowest BCUT2D eigenvalue weighted by Crippen LogP contribution is -2.36. The van der Waals surface area contributed by atoms with Crippen LogP contribution in [0.25, 0.3) is 0 Å². The molecule has 1 aromatic rings. The van der Waals surface area contributed by atoms with Crippen LogP contribution in [0.5, 0.6) is 0 Å². The van der Waals surface area contributed by atoms with Gasteiger partial charge in [0.05, 0.1) is 0 Å². The Morgan fingerprint density at radius 3 is 2.67 bits per heavy atom. The second kappa shape index (κ2) is 6.78. The molecule has 0 amide bonds. The molecule has 1 aliphatic heterocycles. The van der Waals surface area contributed by atoms with E-state index in [1.54, 1.807) is 0 Å². The van der Waals surface area contributed by atoms with E-state index in [1.165, 1.54) is 57.2 Å². The Bertz CT molecular complexity index is 436. The number of nitrogens with one attached hydrogen (secondary N) is 1. The summed E-state index contributed by atoms with van der Waals surface area (Å²) < 4.78 is 0. The van der Waals surface area contributed by atoms with Gasteiger partial charge in [-0.2, -0.15) is 0 Å². The molecule has 0 radical (unpaired) electrons. The number of pyridine rings is 1. The number of likely N-dealkylation sites (tertiary alicyclic amines) is 1. The van der Waals surface area contributed by atoms with Crippen molar-refractivity contribution < 1.29 is 0 Å². The molecule has 1 atom stereocenters. The van der Waals surface area contributed by atoms with Crippen LogP contribution in [0.15, 0.2) is 18.3 Å². The van der Waals surface area contributed by atoms with E-state index in [-0.39, 0.29) is 0 Å². The van der Waals surface area contributed by atoms with Crippen molar-refractivity contribution in [3.8, 4) is 0 Å². The standard InChI is InChI=1S/C18H29N3/c1-14(2)13-21-11-4-3-8-17(21)15-9-10-18(19-12-15)20-16-6-5-7-16/h9-10,12,14,16-17H,3-8,11,13H2,1-2H3,(H,19,20). The highest BCUT2D eigenvalue weighted by Gasteiger charge is 2.24. The third-order valence-electron chi connectivity index (χ3n) is 4.84. The number of aromatic nitrogens is 1. The van der Waals surface area contributed by atoms with Crippen molar-refractivity contribution in [3.63, 3.8) is 0 Å². The van der Waals surface area contributed by atoms with Crippen LogP contribution in [0, 0.1) is 5.92 Å². The summed E-state index contributed by atoms with van der Waals surface area (Å²) >= 11 is 0. The van der Waals surface area contributed by atoms with Crippen LogP contribution in [-0.2, 0) is 0 Å². The Labute approximate surface area is 129 Å². The van der Waals surface area contributed by atoms with Gasteiger partial charge in [-0.15, -0.1) is 0 Å². The molecule has 21 heavy (non-hydrogen) atoms. The Morgan fingerprint density at radius 1 is 1.19 bits per heavy atom. The maximum atomic E-state index is 4.65. The maximum absolute atomic E-state index is 4.65. The summed E-state index contributed by atoms with van der Waals surface area (Å²) in [5.74, 6) is 1.78. The third-order valence-corrected chi connectivity index (χ3v) is 4.84. The largest absolute Gasteiger partial charge is 0.367 e. The Balaban J connectivity index is 1.65. The van der Waals surface area contributed by atoms with Gasteiger partial charge < -0.3 is 5.32 Å². The molecule has 3 nitrogen and oxygen atoms in total. The molecule has 0 bridgehead atoms. The number of hydrogen-bond donors (Lipinski definition) is 1. The molecule has 1 saturated heterocycles. The fourth-order valence-corrected chi connectivity index (χ4v) is 3.51. The molecule has 1 saturated carbocycles. The van der Waals surface area contributed by atoms with E-state index < -0.39 is 0 Å². The first kappa shape index (κ1) is 14.8. The van der Waals surface area contributed by atoms with Crippen molar-refractivity contribution in [3.05, 3.63) is 23.9 Å². The van der Waals surface area contributed by atoms with Gasteiger partial charge >= 0.3 is 0 Å². The van der Waals surface area contributed by atoms with E-state index in [9.17, 15) is 0 Å². The molecule has 3 rings (SSSR count). The minimum atomic E-state index is 0.575. The molecule has 3 heteroatoms. The maximum Gasteiger partial charge on any atom is 0.126 e. The first-order valence-electron chi connectivity index (χ1n) is 8.69. The number of rotatable bonds is 5. The van der Waals surface area contributed by atoms with Gasteiger partial charge in [-0.1, -0.05) is 26.3 Å². The summed E-state index contributed by atoms with van der Waals surface area (Å²) in [7, 11) is 0. The van der Waals surface area contributed by atoms with Crippen LogP contribution >= 0.6 is 0 Å². The van der Waals surface area contributed by atoms with E-state index in [0.29, 0.717) is 12.1 Å². The van der Waals surface area contributed by atoms with Gasteiger partial charge in [-0.05, 0) is 56.2 Å². The van der Waals surface area contributed by atoms with Gasteiger partial charge in [0.25, 0.3) is 0 Å². The molecule has 2 aliphatic rings. The molecule has 1 unspecified atom stereocenters. The van der Waals surface area contributed by atoms with E-state index in [1.807, 2.05) is 0 Å². The minimum absolute atomic E-state index is 0.575. The van der Waals surface area contributed by atoms with E-state index in [0.717, 1.165) is 11.7 Å². The number of nitrogens with zero attached hydrogens (tertiary/aromatic N) is 2. The van der Waals surface area contributed by atoms with Crippen LogP contribution in [0.3, 0.4) is 0 Å². The molecule has 2 heterocycles. The Hall–Kier alpha value is -1.09. The average Bonchev–Trinajstić information content (AvgIpc) is 2.44. The topological polar surface area (TPSA) is 28.2 Å². The lowest BCUT2D eigenvalue weighted by Gasteiger charge is -2.37. The van der Waals surface area contributed by atoms with Gasteiger partial charge in [0.1, 0.15) is 5.82 Å². The molecule has 1 aromatic heterocycles. The SMILES string of the molecule is CC(C)CN1CCCCC1c1ccc(NC2CCC2)nc1. The lowest BCUT2D eigenvalue weighted by atomic mass is 9.93. The van der Waals surface area contributed by atoms with E-state index >= 15 is 0 Å². The summed E-state index contributed by atoms with van der Waals surface area (Å²) in [6.07, 6.45) is 10.0. The van der Waals surface area contributed by atoms with Gasteiger partial charge in [-0.3, -0.25) is 4.90 Å². The fourth-order valence-electron chi connectivity index (χ4n) is 3.51. The van der Waals surface area contributed by atoms with Crippen LogP contribution in [0.4, 0.5) is 5.82 Å². The molecule has 0 spiro atoms. The zero-order valence-corrected chi connectivity index (χ0v) is 13.5. The predicted octanol–water partition coefficient (Wildman–Crippen LogP) is 4.23. The first-order chi connectivity index (χ1) is 10.2. The van der Waals surface area contributed by atoms with E-state index in [2.05, 4.69) is 47.4 Å². The highest BCUT2D eigenvalue weighted by atomic mass is 15.2.